The molecule has 2 rings (SSSR count). The number of alkyl halides is 1. The van der Waals surface area contributed by atoms with Crippen molar-refractivity contribution in [2.75, 3.05) is 7.11 Å². The molecule has 0 spiro atoms. The van der Waals surface area contributed by atoms with E-state index in [2.05, 4.69) is 12.1 Å². The number of hydrogen-bond acceptors (Lipinski definition) is 1. The van der Waals surface area contributed by atoms with Crippen molar-refractivity contribution in [3.8, 4) is 5.75 Å². The van der Waals surface area contributed by atoms with Crippen molar-refractivity contribution < 1.29 is 4.74 Å². The Hall–Kier alpha value is -0.690. The van der Waals surface area contributed by atoms with Gasteiger partial charge in [-0.05, 0) is 30.5 Å². The molecule has 2 unspecified atom stereocenters. The monoisotopic (exact) mass is 224 g/mol. The van der Waals surface area contributed by atoms with E-state index in [9.17, 15) is 0 Å². The third-order valence-corrected chi connectivity index (χ3v) is 3.73. The summed E-state index contributed by atoms with van der Waals surface area (Å²) in [7, 11) is 1.71. The minimum Gasteiger partial charge on any atom is -0.497 e. The average Bonchev–Trinajstić information content (AvgIpc) is 2.30. The lowest BCUT2D eigenvalue weighted by molar-refractivity contribution is 0.410. The molecule has 0 bridgehead atoms. The largest absolute Gasteiger partial charge is 0.497 e. The van der Waals surface area contributed by atoms with Crippen molar-refractivity contribution in [2.24, 2.45) is 0 Å². The molecule has 0 aromatic heterocycles. The minimum atomic E-state index is 0.297. The van der Waals surface area contributed by atoms with E-state index in [1.807, 2.05) is 12.1 Å². The molecule has 2 heteroatoms. The van der Waals surface area contributed by atoms with Gasteiger partial charge in [-0.25, -0.2) is 0 Å². The Labute approximate surface area is 96.4 Å². The first-order chi connectivity index (χ1) is 7.31. The van der Waals surface area contributed by atoms with Crippen LogP contribution in [0.5, 0.6) is 5.75 Å². The van der Waals surface area contributed by atoms with Gasteiger partial charge in [-0.15, -0.1) is 11.6 Å². The fourth-order valence-electron chi connectivity index (χ4n) is 2.33. The molecule has 0 saturated heterocycles. The number of methoxy groups -OCH3 is 1. The molecule has 15 heavy (non-hydrogen) atoms. The van der Waals surface area contributed by atoms with Crippen molar-refractivity contribution in [1.82, 2.24) is 0 Å². The van der Waals surface area contributed by atoms with Crippen LogP contribution in [0, 0.1) is 0 Å². The predicted molar refractivity (Wildman–Crippen MR) is 63.8 cm³/mol. The number of halogens is 1. The maximum absolute atomic E-state index is 6.37. The molecule has 0 amide bonds. The van der Waals surface area contributed by atoms with Crippen molar-refractivity contribution in [3.63, 3.8) is 0 Å². The van der Waals surface area contributed by atoms with E-state index in [0.717, 1.165) is 12.2 Å². The van der Waals surface area contributed by atoms with Gasteiger partial charge < -0.3 is 4.74 Å². The molecule has 1 aromatic rings. The van der Waals surface area contributed by atoms with E-state index >= 15 is 0 Å². The zero-order valence-corrected chi connectivity index (χ0v) is 9.83. The van der Waals surface area contributed by atoms with Crippen LogP contribution in [0.1, 0.15) is 37.2 Å². The van der Waals surface area contributed by atoms with Crippen LogP contribution in [0.25, 0.3) is 0 Å². The second kappa shape index (κ2) is 4.89. The summed E-state index contributed by atoms with van der Waals surface area (Å²) in [6.07, 6.45) is 4.92. The van der Waals surface area contributed by atoms with Crippen molar-refractivity contribution in [3.05, 3.63) is 29.8 Å². The zero-order chi connectivity index (χ0) is 10.7. The maximum Gasteiger partial charge on any atom is 0.119 e. The van der Waals surface area contributed by atoms with Crippen LogP contribution >= 0.6 is 11.6 Å². The van der Waals surface area contributed by atoms with Crippen LogP contribution in [0.3, 0.4) is 0 Å². The van der Waals surface area contributed by atoms with Crippen LogP contribution in [0.15, 0.2) is 24.3 Å². The van der Waals surface area contributed by atoms with Gasteiger partial charge in [0.05, 0.1) is 7.11 Å². The highest BCUT2D eigenvalue weighted by atomic mass is 35.5. The number of hydrogen-bond donors (Lipinski definition) is 0. The Morgan fingerprint density at radius 2 is 2.07 bits per heavy atom. The molecule has 1 aromatic carbocycles. The minimum absolute atomic E-state index is 0.297. The van der Waals surface area contributed by atoms with E-state index in [1.165, 1.54) is 24.8 Å². The van der Waals surface area contributed by atoms with Gasteiger partial charge in [0, 0.05) is 11.3 Å². The lowest BCUT2D eigenvalue weighted by Crippen LogP contribution is -2.17. The maximum atomic E-state index is 6.37. The summed E-state index contributed by atoms with van der Waals surface area (Å²) < 4.78 is 5.24. The SMILES string of the molecule is COc1cccc(C2CCCCC2Cl)c1. The lowest BCUT2D eigenvalue weighted by atomic mass is 9.83. The van der Waals surface area contributed by atoms with Crippen LogP contribution in [0.2, 0.25) is 0 Å². The quantitative estimate of drug-likeness (QED) is 0.691. The molecule has 1 saturated carbocycles. The molecule has 1 nitrogen and oxygen atoms in total. The zero-order valence-electron chi connectivity index (χ0n) is 9.08. The summed E-state index contributed by atoms with van der Waals surface area (Å²) in [5, 5.41) is 0.297. The molecule has 2 atom stereocenters. The third-order valence-electron chi connectivity index (χ3n) is 3.20. The van der Waals surface area contributed by atoms with Crippen molar-refractivity contribution >= 4 is 11.6 Å². The molecule has 82 valence electrons. The lowest BCUT2D eigenvalue weighted by Gasteiger charge is -2.27. The van der Waals surface area contributed by atoms with E-state index in [-0.39, 0.29) is 0 Å². The van der Waals surface area contributed by atoms with E-state index < -0.39 is 0 Å². The van der Waals surface area contributed by atoms with Crippen LogP contribution < -0.4 is 4.74 Å². The first-order valence-electron chi connectivity index (χ1n) is 5.59. The number of ether oxygens (including phenoxy) is 1. The molecule has 1 fully saturated rings. The fraction of sp³-hybridized carbons (Fsp3) is 0.538. The van der Waals surface area contributed by atoms with Crippen molar-refractivity contribution in [2.45, 2.75) is 37.0 Å². The summed E-state index contributed by atoms with van der Waals surface area (Å²) in [6.45, 7) is 0. The number of rotatable bonds is 2. The highest BCUT2D eigenvalue weighted by molar-refractivity contribution is 6.21. The molecule has 0 aliphatic heterocycles. The normalized spacial score (nSPS) is 26.3. The highest BCUT2D eigenvalue weighted by Gasteiger charge is 2.24. The third kappa shape index (κ3) is 2.46. The van der Waals surface area contributed by atoms with Gasteiger partial charge in [0.25, 0.3) is 0 Å². The molecule has 1 aliphatic carbocycles. The highest BCUT2D eigenvalue weighted by Crippen LogP contribution is 2.37. The number of benzene rings is 1. The predicted octanol–water partition coefficient (Wildman–Crippen LogP) is 3.96. The smallest absolute Gasteiger partial charge is 0.119 e. The standard InChI is InChI=1S/C13H17ClO/c1-15-11-6-4-5-10(9-11)12-7-2-3-8-13(12)14/h4-6,9,12-13H,2-3,7-8H2,1H3. The van der Waals surface area contributed by atoms with Gasteiger partial charge in [0.15, 0.2) is 0 Å². The van der Waals surface area contributed by atoms with Crippen LogP contribution in [-0.2, 0) is 0 Å². The molecule has 0 heterocycles. The van der Waals surface area contributed by atoms with Gasteiger partial charge in [-0.1, -0.05) is 25.0 Å². The molecule has 1 aliphatic rings. The molecule has 0 radical (unpaired) electrons. The first-order valence-corrected chi connectivity index (χ1v) is 6.03. The Kier molecular flexibility index (Phi) is 3.53. The summed E-state index contributed by atoms with van der Waals surface area (Å²) in [5.74, 6) is 1.44. The van der Waals surface area contributed by atoms with Gasteiger partial charge in [-0.3, -0.25) is 0 Å². The van der Waals surface area contributed by atoms with Gasteiger partial charge in [-0.2, -0.15) is 0 Å². The summed E-state index contributed by atoms with van der Waals surface area (Å²) in [4.78, 5) is 0. The summed E-state index contributed by atoms with van der Waals surface area (Å²) >= 11 is 6.37. The van der Waals surface area contributed by atoms with Crippen LogP contribution in [-0.4, -0.2) is 12.5 Å². The Bertz CT molecular complexity index is 324. The van der Waals surface area contributed by atoms with Crippen LogP contribution in [0.4, 0.5) is 0 Å². The topological polar surface area (TPSA) is 9.23 Å². The van der Waals surface area contributed by atoms with Crippen molar-refractivity contribution in [1.29, 1.82) is 0 Å². The second-order valence-electron chi connectivity index (χ2n) is 4.18. The van der Waals surface area contributed by atoms with E-state index in [1.54, 1.807) is 7.11 Å². The second-order valence-corrected chi connectivity index (χ2v) is 4.74. The van der Waals surface area contributed by atoms with Gasteiger partial charge >= 0.3 is 0 Å². The van der Waals surface area contributed by atoms with E-state index in [4.69, 9.17) is 16.3 Å². The molecule has 0 N–H and O–H groups in total. The Balaban J connectivity index is 2.19. The summed E-state index contributed by atoms with van der Waals surface area (Å²) in [5.41, 5.74) is 1.33. The molecular weight excluding hydrogens is 208 g/mol. The van der Waals surface area contributed by atoms with Gasteiger partial charge in [0.1, 0.15) is 5.75 Å². The average molecular weight is 225 g/mol. The Morgan fingerprint density at radius 3 is 2.80 bits per heavy atom. The Morgan fingerprint density at radius 1 is 1.27 bits per heavy atom. The fourth-order valence-corrected chi connectivity index (χ4v) is 2.76. The summed E-state index contributed by atoms with van der Waals surface area (Å²) in [6, 6.07) is 8.31. The van der Waals surface area contributed by atoms with Gasteiger partial charge in [0.2, 0.25) is 0 Å². The first kappa shape index (κ1) is 10.8. The van der Waals surface area contributed by atoms with E-state index in [0.29, 0.717) is 11.3 Å². The molecular formula is C13H17ClO.